The highest BCUT2D eigenvalue weighted by atomic mass is 32.2. The number of carbonyl (C=O) groups is 2. The van der Waals surface area contributed by atoms with Gasteiger partial charge in [-0.25, -0.2) is 13.2 Å². The average Bonchev–Trinajstić information content (AvgIpc) is 3.39. The molecule has 1 amide bonds. The molecule has 9 heteroatoms. The van der Waals surface area contributed by atoms with Crippen LogP contribution in [0.3, 0.4) is 0 Å². The minimum atomic E-state index is -3.55. The monoisotopic (exact) mass is 488 g/mol. The Kier molecular flexibility index (Phi) is 9.06. The Morgan fingerprint density at radius 3 is 2.41 bits per heavy atom. The molecule has 1 aliphatic heterocycles. The topological polar surface area (TPSA) is 102 Å². The van der Waals surface area contributed by atoms with E-state index in [1.54, 1.807) is 42.5 Å². The van der Waals surface area contributed by atoms with E-state index < -0.39 is 10.0 Å². The van der Waals surface area contributed by atoms with Crippen LogP contribution in [-0.4, -0.2) is 51.4 Å². The van der Waals surface area contributed by atoms with Crippen molar-refractivity contribution in [3.8, 4) is 5.75 Å². The second-order valence-corrected chi connectivity index (χ2v) is 10.1. The summed E-state index contributed by atoms with van der Waals surface area (Å²) in [6, 6.07) is 11.3. The highest BCUT2D eigenvalue weighted by Crippen LogP contribution is 2.27. The number of nitrogens with one attached hydrogen (secondary N) is 1. The normalized spacial score (nSPS) is 14.1. The van der Waals surface area contributed by atoms with Gasteiger partial charge in [-0.2, -0.15) is 4.31 Å². The first-order valence-electron chi connectivity index (χ1n) is 11.6. The molecule has 0 aliphatic carbocycles. The minimum absolute atomic E-state index is 0.143. The highest BCUT2D eigenvalue weighted by Gasteiger charge is 2.27. The van der Waals surface area contributed by atoms with Crippen LogP contribution in [0.5, 0.6) is 5.75 Å². The molecule has 184 valence electrons. The van der Waals surface area contributed by atoms with Crippen molar-refractivity contribution in [1.82, 2.24) is 4.31 Å². The lowest BCUT2D eigenvalue weighted by Gasteiger charge is -2.17. The average molecular weight is 489 g/mol. The number of amides is 1. The van der Waals surface area contributed by atoms with Crippen LogP contribution < -0.4 is 10.1 Å². The fraction of sp³-hybridized carbons (Fsp3) is 0.440. The number of methoxy groups -OCH3 is 1. The smallest absolute Gasteiger partial charge is 0.338 e. The van der Waals surface area contributed by atoms with Crippen molar-refractivity contribution >= 4 is 27.6 Å². The number of hydrogen-bond donors (Lipinski definition) is 1. The SMILES string of the molecule is CCCCOC(=O)c1ccc(NC(=O)CCc2cc(S(=O)(=O)N3CCCC3)ccc2OC)cc1. The van der Waals surface area contributed by atoms with Crippen LogP contribution in [0.25, 0.3) is 0 Å². The molecule has 0 atom stereocenters. The molecule has 0 saturated carbocycles. The van der Waals surface area contributed by atoms with E-state index in [0.717, 1.165) is 25.7 Å². The third-order valence-electron chi connectivity index (χ3n) is 5.71. The van der Waals surface area contributed by atoms with Crippen molar-refractivity contribution in [1.29, 1.82) is 0 Å². The van der Waals surface area contributed by atoms with E-state index in [4.69, 9.17) is 9.47 Å². The number of esters is 1. The van der Waals surface area contributed by atoms with Gasteiger partial charge in [0.15, 0.2) is 0 Å². The molecule has 0 aromatic heterocycles. The summed E-state index contributed by atoms with van der Waals surface area (Å²) in [4.78, 5) is 24.7. The Bertz CT molecular complexity index is 1090. The van der Waals surface area contributed by atoms with E-state index >= 15 is 0 Å². The lowest BCUT2D eigenvalue weighted by atomic mass is 10.1. The molecule has 8 nitrogen and oxygen atoms in total. The number of unbranched alkanes of at least 4 members (excludes halogenated alkanes) is 1. The van der Waals surface area contributed by atoms with Crippen LogP contribution in [0, 0.1) is 0 Å². The Balaban J connectivity index is 1.60. The number of benzene rings is 2. The summed E-state index contributed by atoms with van der Waals surface area (Å²) in [6.45, 7) is 3.47. The van der Waals surface area contributed by atoms with E-state index in [-0.39, 0.29) is 23.2 Å². The molecule has 2 aromatic carbocycles. The summed E-state index contributed by atoms with van der Waals surface area (Å²) in [7, 11) is -2.04. The van der Waals surface area contributed by atoms with Crippen LogP contribution in [0.15, 0.2) is 47.4 Å². The maximum absolute atomic E-state index is 12.9. The van der Waals surface area contributed by atoms with Crippen molar-refractivity contribution in [3.05, 3.63) is 53.6 Å². The first-order valence-corrected chi connectivity index (χ1v) is 13.0. The predicted molar refractivity (Wildman–Crippen MR) is 130 cm³/mol. The molecule has 0 radical (unpaired) electrons. The first kappa shape index (κ1) is 25.7. The van der Waals surface area contributed by atoms with Gasteiger partial charge >= 0.3 is 5.97 Å². The van der Waals surface area contributed by atoms with Crippen molar-refractivity contribution in [2.24, 2.45) is 0 Å². The van der Waals surface area contributed by atoms with Crippen molar-refractivity contribution in [3.63, 3.8) is 0 Å². The number of anilines is 1. The summed E-state index contributed by atoms with van der Waals surface area (Å²) >= 11 is 0. The number of nitrogens with zero attached hydrogens (tertiary/aromatic N) is 1. The molecule has 1 saturated heterocycles. The van der Waals surface area contributed by atoms with Gasteiger partial charge in [0.2, 0.25) is 15.9 Å². The number of hydrogen-bond acceptors (Lipinski definition) is 6. The van der Waals surface area contributed by atoms with Crippen molar-refractivity contribution in [2.45, 2.75) is 50.3 Å². The van der Waals surface area contributed by atoms with Crippen molar-refractivity contribution in [2.75, 3.05) is 32.1 Å². The third kappa shape index (κ3) is 6.57. The first-order chi connectivity index (χ1) is 16.3. The van der Waals surface area contributed by atoms with Gasteiger partial charge < -0.3 is 14.8 Å². The maximum Gasteiger partial charge on any atom is 0.338 e. The van der Waals surface area contributed by atoms with Gasteiger partial charge in [0, 0.05) is 25.2 Å². The second-order valence-electron chi connectivity index (χ2n) is 8.20. The lowest BCUT2D eigenvalue weighted by molar-refractivity contribution is -0.116. The molecule has 1 aliphatic rings. The second kappa shape index (κ2) is 12.0. The summed E-state index contributed by atoms with van der Waals surface area (Å²) in [5, 5.41) is 2.80. The quantitative estimate of drug-likeness (QED) is 0.379. The van der Waals surface area contributed by atoms with Gasteiger partial charge in [0.25, 0.3) is 0 Å². The highest BCUT2D eigenvalue weighted by molar-refractivity contribution is 7.89. The number of ether oxygens (including phenoxy) is 2. The Labute approximate surface area is 201 Å². The third-order valence-corrected chi connectivity index (χ3v) is 7.61. The number of carbonyl (C=O) groups excluding carboxylic acids is 2. The van der Waals surface area contributed by atoms with Crippen LogP contribution in [-0.2, 0) is 26.0 Å². The van der Waals surface area contributed by atoms with Gasteiger partial charge in [-0.3, -0.25) is 4.79 Å². The van der Waals surface area contributed by atoms with E-state index in [1.165, 1.54) is 11.4 Å². The zero-order valence-electron chi connectivity index (χ0n) is 19.7. The molecule has 0 bridgehead atoms. The molecule has 2 aromatic rings. The largest absolute Gasteiger partial charge is 0.496 e. The molecule has 0 unspecified atom stereocenters. The standard InChI is InChI=1S/C25H32N2O6S/c1-3-4-17-33-25(29)19-7-10-21(11-8-19)26-24(28)14-9-20-18-22(12-13-23(20)32-2)34(30,31)27-15-5-6-16-27/h7-8,10-13,18H,3-6,9,14-17H2,1-2H3,(H,26,28). The predicted octanol–water partition coefficient (Wildman–Crippen LogP) is 4.01. The number of rotatable bonds is 11. The minimum Gasteiger partial charge on any atom is -0.496 e. The van der Waals surface area contributed by atoms with Gasteiger partial charge in [-0.1, -0.05) is 13.3 Å². The fourth-order valence-electron chi connectivity index (χ4n) is 3.74. The van der Waals surface area contributed by atoms with Gasteiger partial charge in [-0.15, -0.1) is 0 Å². The lowest BCUT2D eigenvalue weighted by Crippen LogP contribution is -2.28. The Morgan fingerprint density at radius 1 is 1.06 bits per heavy atom. The fourth-order valence-corrected chi connectivity index (χ4v) is 5.31. The van der Waals surface area contributed by atoms with Gasteiger partial charge in [-0.05, 0) is 73.7 Å². The Morgan fingerprint density at radius 2 is 1.76 bits per heavy atom. The molecular formula is C25H32N2O6S. The summed E-state index contributed by atoms with van der Waals surface area (Å²) in [5.41, 5.74) is 1.64. The molecule has 1 fully saturated rings. The molecule has 3 rings (SSSR count). The zero-order valence-corrected chi connectivity index (χ0v) is 20.5. The van der Waals surface area contributed by atoms with Gasteiger partial charge in [0.1, 0.15) is 5.75 Å². The van der Waals surface area contributed by atoms with E-state index in [9.17, 15) is 18.0 Å². The van der Waals surface area contributed by atoms with E-state index in [1.807, 2.05) is 6.92 Å². The molecule has 34 heavy (non-hydrogen) atoms. The zero-order chi connectivity index (χ0) is 24.6. The summed E-state index contributed by atoms with van der Waals surface area (Å²) in [6.07, 6.45) is 3.96. The molecule has 0 spiro atoms. The van der Waals surface area contributed by atoms with Crippen LogP contribution >= 0.6 is 0 Å². The summed E-state index contributed by atoms with van der Waals surface area (Å²) in [5.74, 6) is -0.0746. The number of aryl methyl sites for hydroxylation is 1. The summed E-state index contributed by atoms with van der Waals surface area (Å²) < 4.78 is 37.8. The van der Waals surface area contributed by atoms with Crippen LogP contribution in [0.4, 0.5) is 5.69 Å². The molecule has 1 heterocycles. The maximum atomic E-state index is 12.9. The van der Waals surface area contributed by atoms with E-state index in [0.29, 0.717) is 48.7 Å². The molecule has 1 N–H and O–H groups in total. The Hall–Kier alpha value is -2.91. The van der Waals surface area contributed by atoms with Crippen molar-refractivity contribution < 1.29 is 27.5 Å². The van der Waals surface area contributed by atoms with Crippen LogP contribution in [0.2, 0.25) is 0 Å². The van der Waals surface area contributed by atoms with Gasteiger partial charge in [0.05, 0.1) is 24.2 Å². The van der Waals surface area contributed by atoms with Crippen LogP contribution in [0.1, 0.15) is 54.9 Å². The molecular weight excluding hydrogens is 456 g/mol. The number of sulfonamides is 1. The van der Waals surface area contributed by atoms with E-state index in [2.05, 4.69) is 5.32 Å².